The van der Waals surface area contributed by atoms with E-state index in [-0.39, 0.29) is 17.8 Å². The quantitative estimate of drug-likeness (QED) is 0.791. The third-order valence-corrected chi connectivity index (χ3v) is 5.44. The Hall–Kier alpha value is -1.51. The van der Waals surface area contributed by atoms with E-state index in [1.54, 1.807) is 17.0 Å². The maximum absolute atomic E-state index is 13.0. The van der Waals surface area contributed by atoms with Crippen LogP contribution in [0.2, 0.25) is 0 Å². The molecule has 1 saturated heterocycles. The van der Waals surface area contributed by atoms with Crippen molar-refractivity contribution in [1.29, 1.82) is 0 Å². The van der Waals surface area contributed by atoms with E-state index in [9.17, 15) is 9.18 Å². The number of halogens is 1. The van der Waals surface area contributed by atoms with Crippen molar-refractivity contribution in [3.05, 3.63) is 40.7 Å². The number of morpholine rings is 1. The zero-order valence-corrected chi connectivity index (χ0v) is 14.2. The number of ether oxygens (including phenoxy) is 1. The molecule has 0 aliphatic carbocycles. The van der Waals surface area contributed by atoms with Crippen LogP contribution < -0.4 is 0 Å². The van der Waals surface area contributed by atoms with Gasteiger partial charge in [0.1, 0.15) is 16.9 Å². The lowest BCUT2D eigenvalue weighted by Gasteiger charge is -2.33. The molecule has 0 saturated carbocycles. The number of carbonyl (C=O) groups excluding carboxylic acids is 1. The first kappa shape index (κ1) is 16.4. The fourth-order valence-corrected chi connectivity index (χ4v) is 4.02. The molecular formula is C15H16FN3O2S2. The maximum Gasteiger partial charge on any atom is 0.233 e. The second-order valence-electron chi connectivity index (χ2n) is 5.13. The van der Waals surface area contributed by atoms with E-state index < -0.39 is 0 Å². The van der Waals surface area contributed by atoms with E-state index >= 15 is 0 Å². The molecule has 1 atom stereocenters. The predicted octanol–water partition coefficient (Wildman–Crippen LogP) is 2.68. The molecule has 1 aliphatic heterocycles. The van der Waals surface area contributed by atoms with Gasteiger partial charge in [-0.05, 0) is 24.6 Å². The van der Waals surface area contributed by atoms with Crippen molar-refractivity contribution in [2.45, 2.75) is 17.4 Å². The molecule has 0 N–H and O–H groups in total. The Morgan fingerprint density at radius 1 is 1.43 bits per heavy atom. The topological polar surface area (TPSA) is 55.3 Å². The summed E-state index contributed by atoms with van der Waals surface area (Å²) in [6.45, 7) is 3.43. The van der Waals surface area contributed by atoms with Crippen LogP contribution in [0.5, 0.6) is 0 Å². The highest BCUT2D eigenvalue weighted by atomic mass is 32.2. The lowest BCUT2D eigenvalue weighted by atomic mass is 10.1. The van der Waals surface area contributed by atoms with Crippen LogP contribution in [0.25, 0.3) is 0 Å². The van der Waals surface area contributed by atoms with Gasteiger partial charge < -0.3 is 9.64 Å². The Kier molecular flexibility index (Phi) is 5.24. The van der Waals surface area contributed by atoms with Crippen LogP contribution in [0.3, 0.4) is 0 Å². The summed E-state index contributed by atoms with van der Waals surface area (Å²) in [4.78, 5) is 14.1. The third kappa shape index (κ3) is 4.27. The Labute approximate surface area is 141 Å². The van der Waals surface area contributed by atoms with Crippen LogP contribution >= 0.6 is 23.1 Å². The van der Waals surface area contributed by atoms with Crippen LogP contribution in [-0.4, -0.2) is 46.5 Å². The summed E-state index contributed by atoms with van der Waals surface area (Å²) in [5.74, 6) is 0.115. The first-order valence-corrected chi connectivity index (χ1v) is 9.00. The number of aromatic nitrogens is 2. The zero-order chi connectivity index (χ0) is 16.2. The summed E-state index contributed by atoms with van der Waals surface area (Å²) in [7, 11) is 0. The fourth-order valence-electron chi connectivity index (χ4n) is 2.31. The number of rotatable bonds is 4. The van der Waals surface area contributed by atoms with Gasteiger partial charge in [0.15, 0.2) is 4.34 Å². The van der Waals surface area contributed by atoms with Crippen molar-refractivity contribution < 1.29 is 13.9 Å². The fraction of sp³-hybridized carbons (Fsp3) is 0.400. The van der Waals surface area contributed by atoms with Crippen molar-refractivity contribution >= 4 is 29.0 Å². The van der Waals surface area contributed by atoms with Crippen LogP contribution in [-0.2, 0) is 9.53 Å². The molecular weight excluding hydrogens is 337 g/mol. The van der Waals surface area contributed by atoms with Crippen LogP contribution in [0.15, 0.2) is 28.6 Å². The minimum atomic E-state index is -0.277. The molecule has 1 aliphatic rings. The monoisotopic (exact) mass is 353 g/mol. The Bertz CT molecular complexity index is 678. The molecule has 23 heavy (non-hydrogen) atoms. The minimum absolute atomic E-state index is 0.0539. The normalized spacial score (nSPS) is 18.2. The summed E-state index contributed by atoms with van der Waals surface area (Å²) in [6, 6.07) is 6.22. The average Bonchev–Trinajstić information content (AvgIpc) is 2.99. The first-order chi connectivity index (χ1) is 11.1. The highest BCUT2D eigenvalue weighted by Crippen LogP contribution is 2.25. The van der Waals surface area contributed by atoms with E-state index in [2.05, 4.69) is 10.2 Å². The molecule has 1 fully saturated rings. The van der Waals surface area contributed by atoms with Crippen molar-refractivity contribution in [3.63, 3.8) is 0 Å². The minimum Gasteiger partial charge on any atom is -0.370 e. The van der Waals surface area contributed by atoms with Gasteiger partial charge in [-0.3, -0.25) is 4.79 Å². The lowest BCUT2D eigenvalue weighted by Crippen LogP contribution is -2.43. The number of hydrogen-bond donors (Lipinski definition) is 0. The van der Waals surface area contributed by atoms with Gasteiger partial charge in [-0.15, -0.1) is 10.2 Å². The molecule has 1 aromatic heterocycles. The van der Waals surface area contributed by atoms with Gasteiger partial charge in [0.25, 0.3) is 0 Å². The molecule has 2 heterocycles. The third-order valence-electron chi connectivity index (χ3n) is 3.49. The number of carbonyl (C=O) groups is 1. The maximum atomic E-state index is 13.0. The van der Waals surface area contributed by atoms with Crippen LogP contribution in [0, 0.1) is 12.7 Å². The molecule has 5 nitrogen and oxygen atoms in total. The summed E-state index contributed by atoms with van der Waals surface area (Å²) in [5, 5.41) is 8.83. The van der Waals surface area contributed by atoms with Crippen molar-refractivity contribution in [2.75, 3.05) is 25.4 Å². The molecule has 3 rings (SSSR count). The molecule has 8 heteroatoms. The first-order valence-electron chi connectivity index (χ1n) is 7.19. The Morgan fingerprint density at radius 3 is 2.91 bits per heavy atom. The standard InChI is InChI=1S/C15H16FN3O2S2/c1-10-17-18-15(23-10)22-9-14(20)19-6-7-21-13(8-19)11-2-4-12(16)5-3-11/h2-5,13H,6-9H2,1H3/t13-/m1/s1. The highest BCUT2D eigenvalue weighted by molar-refractivity contribution is 8.01. The van der Waals surface area contributed by atoms with Gasteiger partial charge in [0.05, 0.1) is 18.9 Å². The Balaban J connectivity index is 1.57. The van der Waals surface area contributed by atoms with Gasteiger partial charge >= 0.3 is 0 Å². The van der Waals surface area contributed by atoms with Crippen molar-refractivity contribution in [3.8, 4) is 0 Å². The summed E-state index contributed by atoms with van der Waals surface area (Å²) < 4.78 is 19.5. The largest absolute Gasteiger partial charge is 0.370 e. The molecule has 1 aromatic carbocycles. The molecule has 0 bridgehead atoms. The van der Waals surface area contributed by atoms with Gasteiger partial charge in [0.2, 0.25) is 5.91 Å². The molecule has 0 unspecified atom stereocenters. The summed E-state index contributed by atoms with van der Waals surface area (Å²) in [5.41, 5.74) is 0.885. The van der Waals surface area contributed by atoms with Gasteiger partial charge in [-0.25, -0.2) is 4.39 Å². The smallest absolute Gasteiger partial charge is 0.233 e. The number of aryl methyl sites for hydroxylation is 1. The molecule has 122 valence electrons. The van der Waals surface area contributed by atoms with E-state index in [1.807, 2.05) is 6.92 Å². The van der Waals surface area contributed by atoms with E-state index in [4.69, 9.17) is 4.74 Å². The zero-order valence-electron chi connectivity index (χ0n) is 12.6. The molecule has 2 aromatic rings. The van der Waals surface area contributed by atoms with Crippen LogP contribution in [0.4, 0.5) is 4.39 Å². The second kappa shape index (κ2) is 7.37. The lowest BCUT2D eigenvalue weighted by molar-refractivity contribution is -0.136. The molecule has 0 radical (unpaired) electrons. The predicted molar refractivity (Wildman–Crippen MR) is 87.0 cm³/mol. The molecule has 1 amide bonds. The number of benzene rings is 1. The molecule has 0 spiro atoms. The summed E-state index contributed by atoms with van der Waals surface area (Å²) in [6.07, 6.45) is -0.206. The number of amides is 1. The van der Waals surface area contributed by atoms with Gasteiger partial charge in [-0.2, -0.15) is 0 Å². The van der Waals surface area contributed by atoms with Gasteiger partial charge in [0, 0.05) is 6.54 Å². The highest BCUT2D eigenvalue weighted by Gasteiger charge is 2.25. The van der Waals surface area contributed by atoms with Crippen LogP contribution in [0.1, 0.15) is 16.7 Å². The SMILES string of the molecule is Cc1nnc(SCC(=O)N2CCO[C@@H](c3ccc(F)cc3)C2)s1. The number of hydrogen-bond acceptors (Lipinski definition) is 6. The van der Waals surface area contributed by atoms with E-state index in [1.165, 1.54) is 35.2 Å². The second-order valence-corrected chi connectivity index (χ2v) is 7.53. The van der Waals surface area contributed by atoms with E-state index in [0.717, 1.165) is 14.9 Å². The van der Waals surface area contributed by atoms with E-state index in [0.29, 0.717) is 25.4 Å². The average molecular weight is 353 g/mol. The van der Waals surface area contributed by atoms with Crippen molar-refractivity contribution in [1.82, 2.24) is 15.1 Å². The number of thioether (sulfide) groups is 1. The summed E-state index contributed by atoms with van der Waals surface area (Å²) >= 11 is 2.89. The number of nitrogens with zero attached hydrogens (tertiary/aromatic N) is 3. The Morgan fingerprint density at radius 2 is 2.22 bits per heavy atom. The van der Waals surface area contributed by atoms with Crippen molar-refractivity contribution in [2.24, 2.45) is 0 Å². The van der Waals surface area contributed by atoms with Gasteiger partial charge in [-0.1, -0.05) is 35.2 Å².